The van der Waals surface area contributed by atoms with Gasteiger partial charge >= 0.3 is 0 Å². The average molecular weight is 280 g/mol. The molecule has 0 aliphatic rings. The van der Waals surface area contributed by atoms with E-state index in [0.717, 1.165) is 11.3 Å². The number of carbonyl (C=O) groups excluding carboxylic acids is 1. The van der Waals surface area contributed by atoms with Crippen LogP contribution in [0.4, 0.5) is 0 Å². The van der Waals surface area contributed by atoms with Crippen LogP contribution in [0.3, 0.4) is 0 Å². The van der Waals surface area contributed by atoms with Gasteiger partial charge in [-0.25, -0.2) is 0 Å². The highest BCUT2D eigenvalue weighted by molar-refractivity contribution is 5.76. The largest absolute Gasteiger partial charge is 0.493 e. The van der Waals surface area contributed by atoms with Gasteiger partial charge in [-0.3, -0.25) is 4.79 Å². The van der Waals surface area contributed by atoms with Crippen LogP contribution in [-0.4, -0.2) is 32.7 Å². The fourth-order valence-electron chi connectivity index (χ4n) is 1.91. The number of rotatable bonds is 8. The molecule has 0 aromatic heterocycles. The Labute approximate surface area is 120 Å². The highest BCUT2D eigenvalue weighted by atomic mass is 16.5. The molecule has 0 saturated carbocycles. The normalized spacial score (nSPS) is 10.4. The van der Waals surface area contributed by atoms with E-state index in [1.807, 2.05) is 32.0 Å². The summed E-state index contributed by atoms with van der Waals surface area (Å²) in [5, 5.41) is 6.09. The SMILES string of the molecule is COc1cccc(CNCCC(=O)NC(C)C)c1OC. The van der Waals surface area contributed by atoms with Crippen molar-refractivity contribution in [1.82, 2.24) is 10.6 Å². The van der Waals surface area contributed by atoms with E-state index >= 15 is 0 Å². The van der Waals surface area contributed by atoms with Crippen LogP contribution in [-0.2, 0) is 11.3 Å². The number of amides is 1. The van der Waals surface area contributed by atoms with E-state index in [0.29, 0.717) is 25.3 Å². The van der Waals surface area contributed by atoms with Crippen molar-refractivity contribution in [1.29, 1.82) is 0 Å². The quantitative estimate of drug-likeness (QED) is 0.712. The van der Waals surface area contributed by atoms with Crippen molar-refractivity contribution in [2.45, 2.75) is 32.9 Å². The van der Waals surface area contributed by atoms with Gasteiger partial charge in [0.2, 0.25) is 5.91 Å². The molecule has 0 unspecified atom stereocenters. The Morgan fingerprint density at radius 2 is 2.00 bits per heavy atom. The van der Waals surface area contributed by atoms with Gasteiger partial charge in [0.25, 0.3) is 0 Å². The molecular weight excluding hydrogens is 256 g/mol. The van der Waals surface area contributed by atoms with Crippen LogP contribution in [0.5, 0.6) is 11.5 Å². The third-order valence-electron chi connectivity index (χ3n) is 2.78. The molecule has 5 heteroatoms. The van der Waals surface area contributed by atoms with Gasteiger partial charge < -0.3 is 20.1 Å². The molecule has 0 fully saturated rings. The van der Waals surface area contributed by atoms with Crippen molar-refractivity contribution < 1.29 is 14.3 Å². The summed E-state index contributed by atoms with van der Waals surface area (Å²) in [5.74, 6) is 1.50. The second-order valence-electron chi connectivity index (χ2n) is 4.80. The molecule has 20 heavy (non-hydrogen) atoms. The van der Waals surface area contributed by atoms with E-state index in [4.69, 9.17) is 9.47 Å². The van der Waals surface area contributed by atoms with Crippen molar-refractivity contribution in [3.63, 3.8) is 0 Å². The smallest absolute Gasteiger partial charge is 0.221 e. The van der Waals surface area contributed by atoms with Crippen LogP contribution >= 0.6 is 0 Å². The van der Waals surface area contributed by atoms with E-state index in [9.17, 15) is 4.79 Å². The van der Waals surface area contributed by atoms with E-state index in [1.165, 1.54) is 0 Å². The van der Waals surface area contributed by atoms with Gasteiger partial charge in [-0.1, -0.05) is 12.1 Å². The minimum Gasteiger partial charge on any atom is -0.493 e. The first-order chi connectivity index (χ1) is 9.58. The highest BCUT2D eigenvalue weighted by Gasteiger charge is 2.09. The third-order valence-corrected chi connectivity index (χ3v) is 2.78. The number of ether oxygens (including phenoxy) is 2. The lowest BCUT2D eigenvalue weighted by atomic mass is 10.2. The number of methoxy groups -OCH3 is 2. The number of hydrogen-bond acceptors (Lipinski definition) is 4. The summed E-state index contributed by atoms with van der Waals surface area (Å²) in [6.45, 7) is 5.16. The first-order valence-electron chi connectivity index (χ1n) is 6.78. The Hall–Kier alpha value is -1.75. The minimum atomic E-state index is 0.0603. The Kier molecular flexibility index (Phi) is 6.87. The molecule has 0 radical (unpaired) electrons. The van der Waals surface area contributed by atoms with Gasteiger partial charge in [0.05, 0.1) is 14.2 Å². The summed E-state index contributed by atoms with van der Waals surface area (Å²) in [6.07, 6.45) is 0.463. The molecule has 1 amide bonds. The number of nitrogens with one attached hydrogen (secondary N) is 2. The zero-order valence-electron chi connectivity index (χ0n) is 12.7. The van der Waals surface area contributed by atoms with Crippen molar-refractivity contribution in [2.24, 2.45) is 0 Å². The Bertz CT molecular complexity index is 433. The molecule has 5 nitrogen and oxygen atoms in total. The van der Waals surface area contributed by atoms with Gasteiger partial charge in [-0.2, -0.15) is 0 Å². The maximum atomic E-state index is 11.5. The summed E-state index contributed by atoms with van der Waals surface area (Å²) in [5.41, 5.74) is 1.01. The van der Waals surface area contributed by atoms with Gasteiger partial charge in [0, 0.05) is 31.1 Å². The number of para-hydroxylation sites is 1. The summed E-state index contributed by atoms with van der Waals surface area (Å²) in [6, 6.07) is 5.94. The Balaban J connectivity index is 2.44. The van der Waals surface area contributed by atoms with Crippen molar-refractivity contribution in [2.75, 3.05) is 20.8 Å². The summed E-state index contributed by atoms with van der Waals surface area (Å²) in [4.78, 5) is 11.5. The van der Waals surface area contributed by atoms with Gasteiger partial charge in [-0.05, 0) is 19.9 Å². The standard InChI is InChI=1S/C15H24N2O3/c1-11(2)17-14(18)8-9-16-10-12-6-5-7-13(19-3)15(12)20-4/h5-7,11,16H,8-10H2,1-4H3,(H,17,18). The van der Waals surface area contributed by atoms with E-state index in [1.54, 1.807) is 14.2 Å². The molecular formula is C15H24N2O3. The van der Waals surface area contributed by atoms with Crippen LogP contribution < -0.4 is 20.1 Å². The second kappa shape index (κ2) is 8.43. The second-order valence-corrected chi connectivity index (χ2v) is 4.80. The topological polar surface area (TPSA) is 59.6 Å². The van der Waals surface area contributed by atoms with E-state index in [2.05, 4.69) is 10.6 Å². The maximum Gasteiger partial charge on any atom is 0.221 e. The molecule has 0 saturated heterocycles. The average Bonchev–Trinajstić information content (AvgIpc) is 2.42. The fourth-order valence-corrected chi connectivity index (χ4v) is 1.91. The third kappa shape index (κ3) is 5.09. The van der Waals surface area contributed by atoms with Gasteiger partial charge in [-0.15, -0.1) is 0 Å². The molecule has 1 aromatic rings. The lowest BCUT2D eigenvalue weighted by molar-refractivity contribution is -0.121. The highest BCUT2D eigenvalue weighted by Crippen LogP contribution is 2.30. The number of benzene rings is 1. The molecule has 1 rings (SSSR count). The molecule has 0 atom stereocenters. The van der Waals surface area contributed by atoms with Crippen molar-refractivity contribution >= 4 is 5.91 Å². The first-order valence-corrected chi connectivity index (χ1v) is 6.78. The molecule has 2 N–H and O–H groups in total. The lowest BCUT2D eigenvalue weighted by Gasteiger charge is -2.13. The molecule has 0 bridgehead atoms. The predicted octanol–water partition coefficient (Wildman–Crippen LogP) is 1.71. The molecule has 0 spiro atoms. The van der Waals surface area contributed by atoms with Crippen LogP contribution in [0, 0.1) is 0 Å². The molecule has 112 valence electrons. The van der Waals surface area contributed by atoms with Crippen LogP contribution in [0.2, 0.25) is 0 Å². The zero-order chi connectivity index (χ0) is 15.0. The summed E-state index contributed by atoms with van der Waals surface area (Å²) in [7, 11) is 3.24. The minimum absolute atomic E-state index is 0.0603. The summed E-state index contributed by atoms with van der Waals surface area (Å²) >= 11 is 0. The molecule has 0 heterocycles. The molecule has 0 aliphatic carbocycles. The van der Waals surface area contributed by atoms with Crippen LogP contribution in [0.15, 0.2) is 18.2 Å². The van der Waals surface area contributed by atoms with E-state index in [-0.39, 0.29) is 11.9 Å². The maximum absolute atomic E-state index is 11.5. The number of carbonyl (C=O) groups is 1. The Morgan fingerprint density at radius 1 is 1.25 bits per heavy atom. The molecule has 1 aromatic carbocycles. The van der Waals surface area contributed by atoms with Crippen LogP contribution in [0.1, 0.15) is 25.8 Å². The lowest BCUT2D eigenvalue weighted by Crippen LogP contribution is -2.32. The van der Waals surface area contributed by atoms with Gasteiger partial charge in [0.15, 0.2) is 11.5 Å². The monoisotopic (exact) mass is 280 g/mol. The predicted molar refractivity (Wildman–Crippen MR) is 79.1 cm³/mol. The zero-order valence-corrected chi connectivity index (χ0v) is 12.7. The first kappa shape index (κ1) is 16.3. The fraction of sp³-hybridized carbons (Fsp3) is 0.533. The summed E-state index contributed by atoms with van der Waals surface area (Å²) < 4.78 is 10.6. The van der Waals surface area contributed by atoms with Crippen LogP contribution in [0.25, 0.3) is 0 Å². The van der Waals surface area contributed by atoms with E-state index < -0.39 is 0 Å². The van der Waals surface area contributed by atoms with Gasteiger partial charge in [0.1, 0.15) is 0 Å². The van der Waals surface area contributed by atoms with Crippen molar-refractivity contribution in [3.05, 3.63) is 23.8 Å². The Morgan fingerprint density at radius 3 is 2.60 bits per heavy atom. The molecule has 0 aliphatic heterocycles. The van der Waals surface area contributed by atoms with Crippen molar-refractivity contribution in [3.8, 4) is 11.5 Å². The number of hydrogen-bond donors (Lipinski definition) is 2.